The number of hydrogen-bond donors (Lipinski definition) is 2. The van der Waals surface area contributed by atoms with Crippen LogP contribution in [0, 0.1) is 12.8 Å². The van der Waals surface area contributed by atoms with E-state index < -0.39 is 28.0 Å². The molecule has 0 saturated heterocycles. The first-order valence-electron chi connectivity index (χ1n) is 6.22. The number of aromatic nitrogens is 1. The molecule has 0 spiro atoms. The second-order valence-corrected chi connectivity index (χ2v) is 6.53. The average molecular weight is 296 g/mol. The molecular formula is C13H16N2O4S. The minimum atomic E-state index is -3.76. The van der Waals surface area contributed by atoms with Gasteiger partial charge in [-0.25, -0.2) is 13.1 Å². The number of allylic oxidation sites excluding steroid dienone is 1. The predicted octanol–water partition coefficient (Wildman–Crippen LogP) is 1.09. The monoisotopic (exact) mass is 296 g/mol. The quantitative estimate of drug-likeness (QED) is 0.811. The van der Waals surface area contributed by atoms with Crippen LogP contribution in [-0.2, 0) is 14.8 Å². The molecule has 2 rings (SSSR count). The van der Waals surface area contributed by atoms with Crippen molar-refractivity contribution >= 4 is 16.0 Å². The van der Waals surface area contributed by atoms with Gasteiger partial charge in [0.05, 0.1) is 5.92 Å². The molecule has 0 amide bonds. The summed E-state index contributed by atoms with van der Waals surface area (Å²) in [4.78, 5) is 15.1. The number of pyridine rings is 1. The maximum Gasteiger partial charge on any atom is 0.308 e. The second-order valence-electron chi connectivity index (χ2n) is 4.81. The zero-order chi connectivity index (χ0) is 14.8. The minimum Gasteiger partial charge on any atom is -0.481 e. The molecule has 6 nitrogen and oxygen atoms in total. The number of rotatable bonds is 4. The van der Waals surface area contributed by atoms with E-state index in [9.17, 15) is 13.2 Å². The van der Waals surface area contributed by atoms with Crippen LogP contribution in [0.5, 0.6) is 0 Å². The summed E-state index contributed by atoms with van der Waals surface area (Å²) >= 11 is 0. The first-order valence-corrected chi connectivity index (χ1v) is 7.70. The molecule has 2 N–H and O–H groups in total. The first-order chi connectivity index (χ1) is 9.40. The first kappa shape index (κ1) is 14.7. The number of hydrogen-bond acceptors (Lipinski definition) is 4. The van der Waals surface area contributed by atoms with Crippen LogP contribution in [0.2, 0.25) is 0 Å². The number of carbonyl (C=O) groups is 1. The van der Waals surface area contributed by atoms with Crippen molar-refractivity contribution in [2.75, 3.05) is 0 Å². The number of sulfonamides is 1. The summed E-state index contributed by atoms with van der Waals surface area (Å²) in [6.07, 6.45) is 7.06. The second kappa shape index (κ2) is 5.72. The van der Waals surface area contributed by atoms with Crippen LogP contribution in [0.25, 0.3) is 0 Å². The van der Waals surface area contributed by atoms with Crippen LogP contribution >= 0.6 is 0 Å². The highest BCUT2D eigenvalue weighted by molar-refractivity contribution is 7.89. The molecule has 0 radical (unpaired) electrons. The third-order valence-electron chi connectivity index (χ3n) is 3.22. The number of nitrogens with zero attached hydrogens (tertiary/aromatic N) is 1. The summed E-state index contributed by atoms with van der Waals surface area (Å²) in [7, 11) is -3.76. The van der Waals surface area contributed by atoms with Crippen LogP contribution in [-0.4, -0.2) is 30.5 Å². The minimum absolute atomic E-state index is 0.0520. The lowest BCUT2D eigenvalue weighted by atomic mass is 9.90. The maximum absolute atomic E-state index is 12.3. The topological polar surface area (TPSA) is 96.4 Å². The van der Waals surface area contributed by atoms with Gasteiger partial charge in [-0.05, 0) is 31.4 Å². The van der Waals surface area contributed by atoms with Crippen LogP contribution in [0.3, 0.4) is 0 Å². The Morgan fingerprint density at radius 3 is 2.70 bits per heavy atom. The van der Waals surface area contributed by atoms with Gasteiger partial charge in [-0.2, -0.15) is 0 Å². The third kappa shape index (κ3) is 3.23. The summed E-state index contributed by atoms with van der Waals surface area (Å²) < 4.78 is 27.0. The van der Waals surface area contributed by atoms with E-state index in [1.54, 1.807) is 25.3 Å². The van der Waals surface area contributed by atoms with Gasteiger partial charge in [-0.15, -0.1) is 0 Å². The molecule has 0 saturated carbocycles. The number of nitrogens with one attached hydrogen (secondary N) is 1. The highest BCUT2D eigenvalue weighted by Gasteiger charge is 2.32. The SMILES string of the molecule is Cc1cncc(S(=O)(=O)N[C@@H]2CC=CC[C@@H]2C(=O)O)c1. The van der Waals surface area contributed by atoms with Gasteiger partial charge >= 0.3 is 5.97 Å². The molecule has 20 heavy (non-hydrogen) atoms. The highest BCUT2D eigenvalue weighted by atomic mass is 32.2. The maximum atomic E-state index is 12.3. The van der Waals surface area contributed by atoms with E-state index in [0.29, 0.717) is 12.8 Å². The molecule has 0 aliphatic heterocycles. The fourth-order valence-electron chi connectivity index (χ4n) is 2.16. The van der Waals surface area contributed by atoms with Gasteiger partial charge in [0.1, 0.15) is 4.90 Å². The fourth-order valence-corrected chi connectivity index (χ4v) is 3.49. The van der Waals surface area contributed by atoms with Crippen molar-refractivity contribution in [3.05, 3.63) is 36.2 Å². The molecule has 1 aliphatic rings. The van der Waals surface area contributed by atoms with Crippen molar-refractivity contribution in [1.29, 1.82) is 0 Å². The standard InChI is InChI=1S/C13H16N2O4S/c1-9-6-10(8-14-7-9)20(18,19)15-12-5-3-2-4-11(12)13(16)17/h2-3,6-8,11-12,15H,4-5H2,1H3,(H,16,17)/t11-,12+/m0/s1. The Balaban J connectivity index is 2.23. The summed E-state index contributed by atoms with van der Waals surface area (Å²) in [5.74, 6) is -1.74. The predicted molar refractivity (Wildman–Crippen MR) is 72.6 cm³/mol. The van der Waals surface area contributed by atoms with Gasteiger partial charge in [-0.3, -0.25) is 9.78 Å². The lowest BCUT2D eigenvalue weighted by molar-refractivity contribution is -0.142. The van der Waals surface area contributed by atoms with E-state index in [1.165, 1.54) is 12.3 Å². The lowest BCUT2D eigenvalue weighted by Gasteiger charge is -2.25. The molecular weight excluding hydrogens is 280 g/mol. The molecule has 0 bridgehead atoms. The molecule has 108 valence electrons. The van der Waals surface area contributed by atoms with Crippen LogP contribution in [0.4, 0.5) is 0 Å². The highest BCUT2D eigenvalue weighted by Crippen LogP contribution is 2.21. The molecule has 7 heteroatoms. The number of aliphatic carboxylic acids is 1. The lowest BCUT2D eigenvalue weighted by Crippen LogP contribution is -2.44. The van der Waals surface area contributed by atoms with Crippen molar-refractivity contribution in [3.8, 4) is 0 Å². The Bertz CT molecular complexity index is 640. The van der Waals surface area contributed by atoms with Crippen molar-refractivity contribution in [2.45, 2.75) is 30.7 Å². The summed E-state index contributed by atoms with van der Waals surface area (Å²) in [5, 5.41) is 9.14. The largest absolute Gasteiger partial charge is 0.481 e. The van der Waals surface area contributed by atoms with E-state index in [1.807, 2.05) is 0 Å². The molecule has 0 fully saturated rings. The molecule has 1 aromatic heterocycles. The normalized spacial score (nSPS) is 22.6. The molecule has 0 aromatic carbocycles. The van der Waals surface area contributed by atoms with Crippen molar-refractivity contribution in [1.82, 2.24) is 9.71 Å². The Kier molecular flexibility index (Phi) is 4.20. The summed E-state index contributed by atoms with van der Waals surface area (Å²) in [5.41, 5.74) is 0.728. The van der Waals surface area contributed by atoms with Gasteiger partial charge in [0.2, 0.25) is 10.0 Å². The molecule has 1 heterocycles. The van der Waals surface area contributed by atoms with Gasteiger partial charge in [0.25, 0.3) is 0 Å². The summed E-state index contributed by atoms with van der Waals surface area (Å²) in [6, 6.07) is 0.868. The Hall–Kier alpha value is -1.73. The number of carboxylic acid groups (broad SMARTS) is 1. The Labute approximate surface area is 117 Å². The third-order valence-corrected chi connectivity index (χ3v) is 4.67. The van der Waals surface area contributed by atoms with Crippen LogP contribution in [0.1, 0.15) is 18.4 Å². The molecule has 1 aliphatic carbocycles. The van der Waals surface area contributed by atoms with Gasteiger partial charge in [0.15, 0.2) is 0 Å². The van der Waals surface area contributed by atoms with Gasteiger partial charge in [-0.1, -0.05) is 12.2 Å². The number of aryl methyl sites for hydroxylation is 1. The Morgan fingerprint density at radius 2 is 2.05 bits per heavy atom. The van der Waals surface area contributed by atoms with E-state index >= 15 is 0 Å². The average Bonchev–Trinajstić information content (AvgIpc) is 2.38. The van der Waals surface area contributed by atoms with E-state index in [4.69, 9.17) is 5.11 Å². The van der Waals surface area contributed by atoms with E-state index in [2.05, 4.69) is 9.71 Å². The molecule has 1 aromatic rings. The van der Waals surface area contributed by atoms with Crippen molar-refractivity contribution in [3.63, 3.8) is 0 Å². The molecule has 0 unspecified atom stereocenters. The van der Waals surface area contributed by atoms with Gasteiger partial charge in [0, 0.05) is 18.4 Å². The zero-order valence-corrected chi connectivity index (χ0v) is 11.8. The zero-order valence-electron chi connectivity index (χ0n) is 11.0. The molecule has 2 atom stereocenters. The van der Waals surface area contributed by atoms with Crippen LogP contribution in [0.15, 0.2) is 35.5 Å². The Morgan fingerprint density at radius 1 is 1.35 bits per heavy atom. The van der Waals surface area contributed by atoms with E-state index in [-0.39, 0.29) is 4.90 Å². The van der Waals surface area contributed by atoms with Crippen molar-refractivity contribution in [2.24, 2.45) is 5.92 Å². The fraction of sp³-hybridized carbons (Fsp3) is 0.385. The number of carboxylic acids is 1. The van der Waals surface area contributed by atoms with Gasteiger partial charge < -0.3 is 5.11 Å². The summed E-state index contributed by atoms with van der Waals surface area (Å²) in [6.45, 7) is 1.75. The van der Waals surface area contributed by atoms with E-state index in [0.717, 1.165) is 5.56 Å². The van der Waals surface area contributed by atoms with Crippen molar-refractivity contribution < 1.29 is 18.3 Å². The smallest absolute Gasteiger partial charge is 0.308 e. The van der Waals surface area contributed by atoms with Crippen LogP contribution < -0.4 is 4.72 Å².